The number of furan rings is 3. The topological polar surface area (TPSA) is 56.5 Å². The maximum atomic E-state index is 11.1. The van der Waals surface area contributed by atoms with Crippen molar-refractivity contribution in [3.05, 3.63) is 48.4 Å². The second kappa shape index (κ2) is 4.07. The van der Waals surface area contributed by atoms with Gasteiger partial charge in [0.2, 0.25) is 0 Å². The van der Waals surface area contributed by atoms with E-state index in [1.54, 1.807) is 36.6 Å². The first-order valence-corrected chi connectivity index (χ1v) is 5.49. The van der Waals surface area contributed by atoms with Crippen LogP contribution in [0.1, 0.15) is 17.5 Å². The number of Topliss-reactive ketones (excluding diaryl/α,β-unsaturated/α-hetero) is 1. The Balaban J connectivity index is 1.95. The van der Waals surface area contributed by atoms with Gasteiger partial charge in [-0.2, -0.15) is 0 Å². The van der Waals surface area contributed by atoms with Crippen molar-refractivity contribution in [3.8, 4) is 23.0 Å². The molecule has 3 aromatic rings. The Kier molecular flexibility index (Phi) is 2.41. The van der Waals surface area contributed by atoms with E-state index in [2.05, 4.69) is 0 Å². The maximum Gasteiger partial charge on any atom is 0.194 e. The highest BCUT2D eigenvalue weighted by Gasteiger charge is 2.13. The average Bonchev–Trinajstić information content (AvgIpc) is 3.10. The van der Waals surface area contributed by atoms with Crippen LogP contribution in [0.3, 0.4) is 0 Å². The molecule has 0 saturated carbocycles. The molecule has 18 heavy (non-hydrogen) atoms. The fourth-order valence-corrected chi connectivity index (χ4v) is 1.68. The van der Waals surface area contributed by atoms with E-state index in [0.29, 0.717) is 28.8 Å². The van der Waals surface area contributed by atoms with Gasteiger partial charge in [0, 0.05) is 6.92 Å². The third-order valence-electron chi connectivity index (χ3n) is 2.57. The molecule has 0 radical (unpaired) electrons. The highest BCUT2D eigenvalue weighted by molar-refractivity contribution is 5.91. The van der Waals surface area contributed by atoms with Gasteiger partial charge in [0.25, 0.3) is 0 Å². The summed E-state index contributed by atoms with van der Waals surface area (Å²) in [5.74, 6) is 2.57. The third-order valence-corrected chi connectivity index (χ3v) is 2.57. The molecule has 4 heteroatoms. The van der Waals surface area contributed by atoms with E-state index in [-0.39, 0.29) is 5.78 Å². The highest BCUT2D eigenvalue weighted by Crippen LogP contribution is 2.29. The van der Waals surface area contributed by atoms with Gasteiger partial charge in [-0.1, -0.05) is 0 Å². The Hall–Kier alpha value is -2.49. The summed E-state index contributed by atoms with van der Waals surface area (Å²) >= 11 is 0. The summed E-state index contributed by atoms with van der Waals surface area (Å²) in [6.45, 7) is 1.46. The standard InChI is InChI=1S/C14H10O4/c1-9(15)10-4-5-13(17-10)14-7-6-12(18-14)11-3-2-8-16-11/h2-8H,1H3. The first kappa shape index (κ1) is 10.7. The molecule has 0 aromatic carbocycles. The molecular formula is C14H10O4. The molecule has 3 rings (SSSR count). The van der Waals surface area contributed by atoms with Gasteiger partial charge in [0.15, 0.2) is 34.6 Å². The Morgan fingerprint density at radius 3 is 2.17 bits per heavy atom. The third kappa shape index (κ3) is 1.78. The smallest absolute Gasteiger partial charge is 0.194 e. The van der Waals surface area contributed by atoms with Gasteiger partial charge in [-0.05, 0) is 36.4 Å². The fourth-order valence-electron chi connectivity index (χ4n) is 1.68. The van der Waals surface area contributed by atoms with Gasteiger partial charge >= 0.3 is 0 Å². The lowest BCUT2D eigenvalue weighted by molar-refractivity contribution is 0.0988. The Bertz CT molecular complexity index is 670. The van der Waals surface area contributed by atoms with E-state index in [1.165, 1.54) is 6.92 Å². The summed E-state index contributed by atoms with van der Waals surface area (Å²) in [5, 5.41) is 0. The van der Waals surface area contributed by atoms with Crippen LogP contribution < -0.4 is 0 Å². The van der Waals surface area contributed by atoms with E-state index in [9.17, 15) is 4.79 Å². The van der Waals surface area contributed by atoms with E-state index < -0.39 is 0 Å². The predicted octanol–water partition coefficient (Wildman–Crippen LogP) is 4.00. The molecule has 0 N–H and O–H groups in total. The lowest BCUT2D eigenvalue weighted by atomic mass is 10.3. The summed E-state index contributed by atoms with van der Waals surface area (Å²) < 4.78 is 16.2. The van der Waals surface area contributed by atoms with Crippen molar-refractivity contribution in [3.63, 3.8) is 0 Å². The van der Waals surface area contributed by atoms with Crippen LogP contribution in [0.15, 0.2) is 55.9 Å². The normalized spacial score (nSPS) is 10.7. The molecule has 0 spiro atoms. The molecular weight excluding hydrogens is 232 g/mol. The zero-order chi connectivity index (χ0) is 12.5. The maximum absolute atomic E-state index is 11.1. The monoisotopic (exact) mass is 242 g/mol. The largest absolute Gasteiger partial charge is 0.461 e. The molecule has 0 aliphatic carbocycles. The molecule has 0 fully saturated rings. The summed E-state index contributed by atoms with van der Waals surface area (Å²) in [6, 6.07) is 10.5. The zero-order valence-corrected chi connectivity index (χ0v) is 9.67. The van der Waals surface area contributed by atoms with Crippen LogP contribution in [0, 0.1) is 0 Å². The minimum atomic E-state index is -0.112. The van der Waals surface area contributed by atoms with Crippen molar-refractivity contribution in [1.82, 2.24) is 0 Å². The number of rotatable bonds is 3. The van der Waals surface area contributed by atoms with Crippen molar-refractivity contribution >= 4 is 5.78 Å². The number of ketones is 1. The van der Waals surface area contributed by atoms with Crippen LogP contribution in [0.4, 0.5) is 0 Å². The van der Waals surface area contributed by atoms with Crippen LogP contribution >= 0.6 is 0 Å². The molecule has 0 saturated heterocycles. The molecule has 0 bridgehead atoms. The Morgan fingerprint density at radius 2 is 1.56 bits per heavy atom. The summed E-state index contributed by atoms with van der Waals surface area (Å²) in [4.78, 5) is 11.1. The highest BCUT2D eigenvalue weighted by atomic mass is 16.4. The fraction of sp³-hybridized carbons (Fsp3) is 0.0714. The zero-order valence-electron chi connectivity index (χ0n) is 9.67. The molecule has 0 unspecified atom stereocenters. The SMILES string of the molecule is CC(=O)c1ccc(-c2ccc(-c3ccco3)o2)o1. The van der Waals surface area contributed by atoms with Gasteiger partial charge in [0.05, 0.1) is 6.26 Å². The van der Waals surface area contributed by atoms with Crippen LogP contribution in [0.25, 0.3) is 23.0 Å². The molecule has 0 atom stereocenters. The van der Waals surface area contributed by atoms with Gasteiger partial charge in [-0.3, -0.25) is 4.79 Å². The van der Waals surface area contributed by atoms with Crippen molar-refractivity contribution in [2.75, 3.05) is 0 Å². The van der Waals surface area contributed by atoms with Crippen molar-refractivity contribution in [2.24, 2.45) is 0 Å². The Labute approximate surface area is 103 Å². The van der Waals surface area contributed by atoms with Crippen LogP contribution in [-0.4, -0.2) is 5.78 Å². The molecule has 3 aromatic heterocycles. The Morgan fingerprint density at radius 1 is 0.889 bits per heavy atom. The minimum Gasteiger partial charge on any atom is -0.461 e. The van der Waals surface area contributed by atoms with Crippen molar-refractivity contribution in [1.29, 1.82) is 0 Å². The summed E-state index contributed by atoms with van der Waals surface area (Å²) in [6.07, 6.45) is 1.58. The van der Waals surface area contributed by atoms with E-state index >= 15 is 0 Å². The molecule has 0 aliphatic heterocycles. The first-order chi connectivity index (χ1) is 8.74. The molecule has 0 aliphatic rings. The molecule has 90 valence electrons. The van der Waals surface area contributed by atoms with Crippen molar-refractivity contribution in [2.45, 2.75) is 6.92 Å². The first-order valence-electron chi connectivity index (χ1n) is 5.49. The molecule has 4 nitrogen and oxygen atoms in total. The van der Waals surface area contributed by atoms with Crippen LogP contribution in [-0.2, 0) is 0 Å². The summed E-state index contributed by atoms with van der Waals surface area (Å²) in [7, 11) is 0. The number of carbonyl (C=O) groups excluding carboxylic acids is 1. The molecule has 0 amide bonds. The van der Waals surface area contributed by atoms with Gasteiger partial charge < -0.3 is 13.3 Å². The van der Waals surface area contributed by atoms with E-state index in [0.717, 1.165) is 0 Å². The average molecular weight is 242 g/mol. The van der Waals surface area contributed by atoms with E-state index in [4.69, 9.17) is 13.3 Å². The second-order valence-electron chi connectivity index (χ2n) is 3.86. The number of hydrogen-bond donors (Lipinski definition) is 0. The molecule has 3 heterocycles. The number of carbonyl (C=O) groups is 1. The predicted molar refractivity (Wildman–Crippen MR) is 64.1 cm³/mol. The second-order valence-corrected chi connectivity index (χ2v) is 3.86. The van der Waals surface area contributed by atoms with Crippen LogP contribution in [0.5, 0.6) is 0 Å². The van der Waals surface area contributed by atoms with Gasteiger partial charge in [0.1, 0.15) is 0 Å². The van der Waals surface area contributed by atoms with Gasteiger partial charge in [-0.15, -0.1) is 0 Å². The quantitative estimate of drug-likeness (QED) is 0.651. The number of hydrogen-bond acceptors (Lipinski definition) is 4. The summed E-state index contributed by atoms with van der Waals surface area (Å²) in [5.41, 5.74) is 0. The van der Waals surface area contributed by atoms with E-state index in [1.807, 2.05) is 6.07 Å². The minimum absolute atomic E-state index is 0.112. The lowest BCUT2D eigenvalue weighted by Gasteiger charge is -1.91. The van der Waals surface area contributed by atoms with Crippen molar-refractivity contribution < 1.29 is 18.0 Å². The lowest BCUT2D eigenvalue weighted by Crippen LogP contribution is -1.85. The van der Waals surface area contributed by atoms with Gasteiger partial charge in [-0.25, -0.2) is 0 Å². The van der Waals surface area contributed by atoms with Crippen LogP contribution in [0.2, 0.25) is 0 Å².